The monoisotopic (exact) mass is 273 g/mol. The van der Waals surface area contributed by atoms with Crippen LogP contribution in [0.25, 0.3) is 0 Å². The van der Waals surface area contributed by atoms with Crippen molar-refractivity contribution in [1.29, 1.82) is 0 Å². The first-order valence-electron chi connectivity index (χ1n) is 5.80. The van der Waals surface area contributed by atoms with Gasteiger partial charge in [0.25, 0.3) is 0 Å². The molecule has 2 bridgehead atoms. The smallest absolute Gasteiger partial charge is 0.332 e. The standard InChI is InChI=1S/C13H14O5.Na/c1-6(14)9-3-8-2-7(9)4-10(8)11(13(17)18)5-12(15)16;/h3,5,7-8,10H,2,4H2,1H3,(H,15,16)(H,17,18);. The molecule has 19 heavy (non-hydrogen) atoms. The molecule has 0 aliphatic heterocycles. The molecule has 0 saturated heterocycles. The van der Waals surface area contributed by atoms with Gasteiger partial charge in [-0.2, -0.15) is 0 Å². The number of carbonyl (C=O) groups excluding carboxylic acids is 1. The summed E-state index contributed by atoms with van der Waals surface area (Å²) in [5, 5.41) is 17.8. The average molecular weight is 273 g/mol. The van der Waals surface area contributed by atoms with Crippen LogP contribution >= 0.6 is 0 Å². The van der Waals surface area contributed by atoms with Gasteiger partial charge in [-0.15, -0.1) is 0 Å². The van der Waals surface area contributed by atoms with Gasteiger partial charge in [-0.1, -0.05) is 6.08 Å². The van der Waals surface area contributed by atoms with Crippen LogP contribution in [0.15, 0.2) is 23.3 Å². The Kier molecular flexibility index (Phi) is 5.12. The maximum absolute atomic E-state index is 11.3. The minimum atomic E-state index is -1.24. The quantitative estimate of drug-likeness (QED) is 0.586. The van der Waals surface area contributed by atoms with Crippen molar-refractivity contribution in [1.82, 2.24) is 0 Å². The number of ketones is 1. The van der Waals surface area contributed by atoms with Crippen molar-refractivity contribution in [3.8, 4) is 0 Å². The average Bonchev–Trinajstić information content (AvgIpc) is 2.83. The predicted molar refractivity (Wildman–Crippen MR) is 67.6 cm³/mol. The van der Waals surface area contributed by atoms with Crippen LogP contribution in [0.4, 0.5) is 0 Å². The van der Waals surface area contributed by atoms with Crippen LogP contribution in [0.3, 0.4) is 0 Å². The second kappa shape index (κ2) is 6.03. The van der Waals surface area contributed by atoms with Crippen LogP contribution < -0.4 is 0 Å². The van der Waals surface area contributed by atoms with Gasteiger partial charge in [0.2, 0.25) is 0 Å². The fourth-order valence-corrected chi connectivity index (χ4v) is 3.10. The number of carbonyl (C=O) groups is 3. The largest absolute Gasteiger partial charge is 0.478 e. The second-order valence-electron chi connectivity index (χ2n) is 4.86. The van der Waals surface area contributed by atoms with Crippen LogP contribution in [0.1, 0.15) is 19.8 Å². The Morgan fingerprint density at radius 2 is 1.89 bits per heavy atom. The van der Waals surface area contributed by atoms with Gasteiger partial charge in [-0.3, -0.25) is 4.79 Å². The van der Waals surface area contributed by atoms with Gasteiger partial charge in [0, 0.05) is 41.2 Å². The number of aliphatic carboxylic acids is 2. The molecular formula is C13H14NaO5. The van der Waals surface area contributed by atoms with Gasteiger partial charge in [0.15, 0.2) is 5.78 Å². The van der Waals surface area contributed by atoms with Crippen molar-refractivity contribution in [3.05, 3.63) is 23.3 Å². The number of rotatable bonds is 4. The Morgan fingerprint density at radius 3 is 2.26 bits per heavy atom. The SMILES string of the molecule is CC(=O)C1=CC2CC1CC2C(=CC(=O)O)C(=O)O.[Na]. The molecule has 0 amide bonds. The number of allylic oxidation sites excluding steroid dienone is 2. The zero-order valence-corrected chi connectivity index (χ0v) is 12.9. The zero-order valence-electron chi connectivity index (χ0n) is 10.9. The summed E-state index contributed by atoms with van der Waals surface area (Å²) >= 11 is 0. The fraction of sp³-hybridized carbons (Fsp3) is 0.462. The molecule has 0 aromatic rings. The third-order valence-electron chi connectivity index (χ3n) is 3.78. The number of carboxylic acids is 2. The number of hydrogen-bond donors (Lipinski definition) is 2. The van der Waals surface area contributed by atoms with Gasteiger partial charge in [-0.05, 0) is 43.1 Å². The molecule has 2 N–H and O–H groups in total. The van der Waals surface area contributed by atoms with Crippen molar-refractivity contribution in [2.45, 2.75) is 19.8 Å². The molecule has 5 nitrogen and oxygen atoms in total. The molecule has 3 atom stereocenters. The van der Waals surface area contributed by atoms with E-state index in [0.29, 0.717) is 6.42 Å². The van der Waals surface area contributed by atoms with Gasteiger partial charge >= 0.3 is 11.9 Å². The molecule has 2 aliphatic carbocycles. The first-order chi connectivity index (χ1) is 8.40. The van der Waals surface area contributed by atoms with E-state index in [1.807, 2.05) is 6.08 Å². The molecule has 1 fully saturated rings. The van der Waals surface area contributed by atoms with Crippen LogP contribution in [0.2, 0.25) is 0 Å². The molecule has 1 saturated carbocycles. The van der Waals surface area contributed by atoms with Gasteiger partial charge in [0.05, 0.1) is 0 Å². The Labute approximate surface area is 132 Å². The third-order valence-corrected chi connectivity index (χ3v) is 3.78. The normalized spacial score (nSPS) is 28.6. The number of carboxylic acid groups (broad SMARTS) is 2. The summed E-state index contributed by atoms with van der Waals surface area (Å²) in [5.41, 5.74) is 0.713. The van der Waals surface area contributed by atoms with Gasteiger partial charge in [0.1, 0.15) is 0 Å². The molecule has 0 aromatic carbocycles. The number of Topliss-reactive ketones (excluding diaryl/α,β-unsaturated/α-hetero) is 1. The van der Waals surface area contributed by atoms with E-state index in [1.165, 1.54) is 6.92 Å². The van der Waals surface area contributed by atoms with Crippen LogP contribution in [0.5, 0.6) is 0 Å². The predicted octanol–water partition coefficient (Wildman–Crippen LogP) is 0.873. The summed E-state index contributed by atoms with van der Waals surface area (Å²) in [4.78, 5) is 33.1. The van der Waals surface area contributed by atoms with E-state index >= 15 is 0 Å². The maximum atomic E-state index is 11.3. The zero-order chi connectivity index (χ0) is 13.4. The summed E-state index contributed by atoms with van der Waals surface area (Å²) in [6.45, 7) is 1.51. The summed E-state index contributed by atoms with van der Waals surface area (Å²) in [6.07, 6.45) is 3.90. The third kappa shape index (κ3) is 3.16. The molecular weight excluding hydrogens is 259 g/mol. The first-order valence-corrected chi connectivity index (χ1v) is 5.80. The summed E-state index contributed by atoms with van der Waals surface area (Å²) in [5.74, 6) is -2.62. The van der Waals surface area contributed by atoms with Crippen LogP contribution in [0, 0.1) is 17.8 Å². The Bertz CT molecular complexity index is 491. The van der Waals surface area contributed by atoms with E-state index < -0.39 is 11.9 Å². The maximum Gasteiger partial charge on any atom is 0.332 e. The fourth-order valence-electron chi connectivity index (χ4n) is 3.10. The van der Waals surface area contributed by atoms with Crippen LogP contribution in [-0.2, 0) is 14.4 Å². The molecule has 97 valence electrons. The van der Waals surface area contributed by atoms with Crippen molar-refractivity contribution in [3.63, 3.8) is 0 Å². The van der Waals surface area contributed by atoms with E-state index in [4.69, 9.17) is 10.2 Å². The van der Waals surface area contributed by atoms with Gasteiger partial charge in [-0.25, -0.2) is 9.59 Å². The van der Waals surface area contributed by atoms with E-state index in [0.717, 1.165) is 18.1 Å². The van der Waals surface area contributed by atoms with E-state index in [-0.39, 0.29) is 58.7 Å². The molecule has 6 heteroatoms. The van der Waals surface area contributed by atoms with E-state index in [1.54, 1.807) is 0 Å². The van der Waals surface area contributed by atoms with Crippen LogP contribution in [-0.4, -0.2) is 57.5 Å². The number of hydrogen-bond acceptors (Lipinski definition) is 3. The first kappa shape index (κ1) is 16.1. The van der Waals surface area contributed by atoms with Crippen molar-refractivity contribution in [2.75, 3.05) is 0 Å². The minimum Gasteiger partial charge on any atom is -0.478 e. The molecule has 0 heterocycles. The molecule has 2 aliphatic rings. The summed E-state index contributed by atoms with van der Waals surface area (Å²) < 4.78 is 0. The number of fused-ring (bicyclic) bond motifs is 2. The van der Waals surface area contributed by atoms with Gasteiger partial charge < -0.3 is 10.2 Å². The second-order valence-corrected chi connectivity index (χ2v) is 4.86. The Morgan fingerprint density at radius 1 is 1.26 bits per heavy atom. The Hall–Kier alpha value is -0.910. The Balaban J connectivity index is 0.00000180. The molecule has 2 rings (SSSR count). The molecule has 0 aromatic heterocycles. The minimum absolute atomic E-state index is 0. The summed E-state index contributed by atoms with van der Waals surface area (Å²) in [7, 11) is 0. The molecule has 0 spiro atoms. The van der Waals surface area contributed by atoms with E-state index in [9.17, 15) is 14.4 Å². The van der Waals surface area contributed by atoms with E-state index in [2.05, 4.69) is 0 Å². The van der Waals surface area contributed by atoms with Crippen molar-refractivity contribution >= 4 is 47.3 Å². The molecule has 1 radical (unpaired) electrons. The van der Waals surface area contributed by atoms with Crippen molar-refractivity contribution < 1.29 is 24.6 Å². The topological polar surface area (TPSA) is 91.7 Å². The van der Waals surface area contributed by atoms with Crippen molar-refractivity contribution in [2.24, 2.45) is 17.8 Å². The molecule has 3 unspecified atom stereocenters. The summed E-state index contributed by atoms with van der Waals surface area (Å²) in [6, 6.07) is 0.